The van der Waals surface area contributed by atoms with Crippen LogP contribution in [0.5, 0.6) is 0 Å². The molecule has 0 aliphatic heterocycles. The van der Waals surface area contributed by atoms with Crippen molar-refractivity contribution < 1.29 is 9.59 Å². The average Bonchev–Trinajstić information content (AvgIpc) is 3.33. The Morgan fingerprint density at radius 1 is 1.25 bits per heavy atom. The molecule has 2 aromatic rings. The summed E-state index contributed by atoms with van der Waals surface area (Å²) in [5.74, 6) is 0.722. The zero-order chi connectivity index (χ0) is 20.4. The third-order valence-corrected chi connectivity index (χ3v) is 5.69. The number of rotatable bonds is 7. The van der Waals surface area contributed by atoms with E-state index < -0.39 is 0 Å². The Bertz CT molecular complexity index is 887. The third kappa shape index (κ3) is 4.26. The monoisotopic (exact) mass is 382 g/mol. The van der Waals surface area contributed by atoms with Crippen LogP contribution in [0.3, 0.4) is 0 Å². The molecule has 28 heavy (non-hydrogen) atoms. The van der Waals surface area contributed by atoms with E-state index in [0.717, 1.165) is 34.6 Å². The molecule has 0 unspecified atom stereocenters. The Labute approximate surface area is 166 Å². The van der Waals surface area contributed by atoms with Crippen LogP contribution in [0.2, 0.25) is 0 Å². The van der Waals surface area contributed by atoms with Gasteiger partial charge < -0.3 is 10.2 Å². The number of benzene rings is 1. The molecular formula is C22H30N4O2. The first-order valence-electron chi connectivity index (χ1n) is 9.92. The van der Waals surface area contributed by atoms with Gasteiger partial charge in [0.1, 0.15) is 0 Å². The fourth-order valence-electron chi connectivity index (χ4n) is 3.57. The topological polar surface area (TPSA) is 67.2 Å². The van der Waals surface area contributed by atoms with Crippen molar-refractivity contribution in [1.82, 2.24) is 20.0 Å². The van der Waals surface area contributed by atoms with Crippen molar-refractivity contribution >= 4 is 11.8 Å². The van der Waals surface area contributed by atoms with E-state index in [9.17, 15) is 9.59 Å². The predicted molar refractivity (Wildman–Crippen MR) is 109 cm³/mol. The van der Waals surface area contributed by atoms with Crippen molar-refractivity contribution in [3.05, 3.63) is 46.8 Å². The normalized spacial score (nSPS) is 18.0. The Hall–Kier alpha value is -2.63. The van der Waals surface area contributed by atoms with Crippen molar-refractivity contribution in [2.75, 3.05) is 13.6 Å². The Morgan fingerprint density at radius 2 is 1.93 bits per heavy atom. The van der Waals surface area contributed by atoms with Crippen LogP contribution in [-0.2, 0) is 16.1 Å². The smallest absolute Gasteiger partial charge is 0.224 e. The Balaban J connectivity index is 1.60. The van der Waals surface area contributed by atoms with Crippen LogP contribution in [0, 0.1) is 32.6 Å². The summed E-state index contributed by atoms with van der Waals surface area (Å²) < 4.78 is 1.95. The maximum absolute atomic E-state index is 12.5. The van der Waals surface area contributed by atoms with Crippen LogP contribution in [0.15, 0.2) is 24.3 Å². The van der Waals surface area contributed by atoms with Gasteiger partial charge in [0.05, 0.1) is 11.4 Å². The summed E-state index contributed by atoms with van der Waals surface area (Å²) in [7, 11) is 1.80. The second-order valence-corrected chi connectivity index (χ2v) is 7.96. The van der Waals surface area contributed by atoms with Gasteiger partial charge in [-0.15, -0.1) is 0 Å². The molecule has 1 aliphatic carbocycles. The lowest BCUT2D eigenvalue weighted by Crippen LogP contribution is -2.32. The lowest BCUT2D eigenvalue weighted by Gasteiger charge is -2.18. The SMILES string of the molecule is Cc1ccccc1-n1nc(C)c(CN(C)C(=O)CCNC(=O)[C@H]2C[C@@H]2C)c1C. The van der Waals surface area contributed by atoms with E-state index in [4.69, 9.17) is 5.10 Å². The number of aromatic nitrogens is 2. The van der Waals surface area contributed by atoms with Crippen LogP contribution in [0.1, 0.15) is 42.3 Å². The van der Waals surface area contributed by atoms with Crippen LogP contribution in [-0.4, -0.2) is 40.1 Å². The molecular weight excluding hydrogens is 352 g/mol. The fraction of sp³-hybridized carbons (Fsp3) is 0.500. The van der Waals surface area contributed by atoms with E-state index in [1.54, 1.807) is 11.9 Å². The van der Waals surface area contributed by atoms with Gasteiger partial charge in [-0.25, -0.2) is 4.68 Å². The molecule has 1 saturated carbocycles. The molecule has 1 N–H and O–H groups in total. The van der Waals surface area contributed by atoms with Gasteiger partial charge in [0.2, 0.25) is 11.8 Å². The van der Waals surface area contributed by atoms with Gasteiger partial charge in [0, 0.05) is 43.7 Å². The summed E-state index contributed by atoms with van der Waals surface area (Å²) >= 11 is 0. The summed E-state index contributed by atoms with van der Waals surface area (Å²) in [6.45, 7) is 9.06. The van der Waals surface area contributed by atoms with E-state index in [1.165, 1.54) is 0 Å². The first-order valence-corrected chi connectivity index (χ1v) is 9.92. The maximum atomic E-state index is 12.5. The molecule has 1 aliphatic rings. The number of amides is 2. The highest BCUT2D eigenvalue weighted by atomic mass is 16.2. The van der Waals surface area contributed by atoms with Gasteiger partial charge in [-0.2, -0.15) is 5.10 Å². The third-order valence-electron chi connectivity index (χ3n) is 5.69. The number of para-hydroxylation sites is 1. The van der Waals surface area contributed by atoms with Gasteiger partial charge >= 0.3 is 0 Å². The minimum absolute atomic E-state index is 0.0200. The zero-order valence-corrected chi connectivity index (χ0v) is 17.5. The van der Waals surface area contributed by atoms with E-state index in [0.29, 0.717) is 25.4 Å². The number of aryl methyl sites for hydroxylation is 2. The second-order valence-electron chi connectivity index (χ2n) is 7.96. The first kappa shape index (κ1) is 20.1. The lowest BCUT2D eigenvalue weighted by atomic mass is 10.1. The number of carbonyl (C=O) groups is 2. The zero-order valence-electron chi connectivity index (χ0n) is 17.5. The molecule has 0 radical (unpaired) electrons. The Morgan fingerprint density at radius 3 is 2.57 bits per heavy atom. The molecule has 0 saturated heterocycles. The molecule has 150 valence electrons. The quantitative estimate of drug-likeness (QED) is 0.801. The van der Waals surface area contributed by atoms with Crippen LogP contribution >= 0.6 is 0 Å². The summed E-state index contributed by atoms with van der Waals surface area (Å²) in [6, 6.07) is 8.14. The maximum Gasteiger partial charge on any atom is 0.224 e. The predicted octanol–water partition coefficient (Wildman–Crippen LogP) is 2.92. The number of carbonyl (C=O) groups excluding carboxylic acids is 2. The van der Waals surface area contributed by atoms with Crippen LogP contribution < -0.4 is 5.32 Å². The molecule has 1 aromatic heterocycles. The van der Waals surface area contributed by atoms with Gasteiger partial charge in [0.25, 0.3) is 0 Å². The van der Waals surface area contributed by atoms with Gasteiger partial charge in [-0.1, -0.05) is 25.1 Å². The standard InChI is InChI=1S/C22H30N4O2/c1-14-8-6-7-9-20(14)26-17(4)19(16(3)24-26)13-25(5)21(27)10-11-23-22(28)18-12-15(18)2/h6-9,15,18H,10-13H2,1-5H3,(H,23,28)/t15-,18-/m0/s1. The van der Waals surface area contributed by atoms with Crippen molar-refractivity contribution in [3.63, 3.8) is 0 Å². The van der Waals surface area contributed by atoms with Gasteiger partial charge in [0.15, 0.2) is 0 Å². The number of hydrogen-bond donors (Lipinski definition) is 1. The van der Waals surface area contributed by atoms with Crippen molar-refractivity contribution in [2.24, 2.45) is 11.8 Å². The molecule has 6 nitrogen and oxygen atoms in total. The first-order chi connectivity index (χ1) is 13.3. The second kappa shape index (κ2) is 8.17. The van der Waals surface area contributed by atoms with Gasteiger partial charge in [-0.3, -0.25) is 9.59 Å². The minimum Gasteiger partial charge on any atom is -0.355 e. The fourth-order valence-corrected chi connectivity index (χ4v) is 3.57. The molecule has 2 atom stereocenters. The average molecular weight is 383 g/mol. The summed E-state index contributed by atoms with van der Waals surface area (Å²) in [6.07, 6.45) is 1.27. The molecule has 0 spiro atoms. The van der Waals surface area contributed by atoms with E-state index in [2.05, 4.69) is 31.3 Å². The van der Waals surface area contributed by atoms with Gasteiger partial charge in [-0.05, 0) is 44.7 Å². The molecule has 0 bridgehead atoms. The summed E-state index contributed by atoms with van der Waals surface area (Å²) in [4.78, 5) is 26.1. The van der Waals surface area contributed by atoms with E-state index in [1.807, 2.05) is 30.7 Å². The molecule has 1 heterocycles. The lowest BCUT2D eigenvalue weighted by molar-refractivity contribution is -0.130. The molecule has 2 amide bonds. The number of nitrogens with one attached hydrogen (secondary N) is 1. The molecule has 3 rings (SSSR count). The van der Waals surface area contributed by atoms with Crippen molar-refractivity contribution in [1.29, 1.82) is 0 Å². The highest BCUT2D eigenvalue weighted by Gasteiger charge is 2.38. The van der Waals surface area contributed by atoms with E-state index >= 15 is 0 Å². The van der Waals surface area contributed by atoms with Crippen molar-refractivity contribution in [3.8, 4) is 5.69 Å². The number of hydrogen-bond acceptors (Lipinski definition) is 3. The van der Waals surface area contributed by atoms with Crippen LogP contribution in [0.4, 0.5) is 0 Å². The molecule has 1 fully saturated rings. The minimum atomic E-state index is 0.0200. The highest BCUT2D eigenvalue weighted by molar-refractivity contribution is 5.82. The molecule has 6 heteroatoms. The summed E-state index contributed by atoms with van der Waals surface area (Å²) in [5.41, 5.74) is 5.25. The summed E-state index contributed by atoms with van der Waals surface area (Å²) in [5, 5.41) is 7.57. The Kier molecular flexibility index (Phi) is 5.87. The number of nitrogens with zero attached hydrogens (tertiary/aromatic N) is 3. The molecule has 1 aromatic carbocycles. The highest BCUT2D eigenvalue weighted by Crippen LogP contribution is 2.37. The largest absolute Gasteiger partial charge is 0.355 e. The van der Waals surface area contributed by atoms with Crippen molar-refractivity contribution in [2.45, 2.75) is 47.1 Å². The van der Waals surface area contributed by atoms with E-state index in [-0.39, 0.29) is 17.7 Å². The van der Waals surface area contributed by atoms with Crippen LogP contribution in [0.25, 0.3) is 5.69 Å².